The summed E-state index contributed by atoms with van der Waals surface area (Å²) >= 11 is 0. The Morgan fingerprint density at radius 1 is 1.47 bits per heavy atom. The molecule has 17 heavy (non-hydrogen) atoms. The average molecular weight is 243 g/mol. The van der Waals surface area contributed by atoms with Crippen LogP contribution in [-0.4, -0.2) is 47.2 Å². The first-order valence-corrected chi connectivity index (χ1v) is 5.95. The Kier molecular flexibility index (Phi) is 4.74. The van der Waals surface area contributed by atoms with E-state index in [1.165, 1.54) is 0 Å². The molecule has 0 bridgehead atoms. The maximum atomic E-state index is 11.8. The molecule has 1 heterocycles. The maximum absolute atomic E-state index is 11.8. The second-order valence-electron chi connectivity index (χ2n) is 4.71. The molecular formula is C11H21N3O3. The summed E-state index contributed by atoms with van der Waals surface area (Å²) in [5, 5.41) is 11.5. The van der Waals surface area contributed by atoms with E-state index in [1.807, 2.05) is 0 Å². The molecule has 4 N–H and O–H groups in total. The van der Waals surface area contributed by atoms with Gasteiger partial charge < -0.3 is 21.1 Å². The zero-order chi connectivity index (χ0) is 13.0. The number of nitrogens with zero attached hydrogens (tertiary/aromatic N) is 1. The van der Waals surface area contributed by atoms with E-state index in [2.05, 4.69) is 5.32 Å². The minimum Gasteiger partial charge on any atom is -0.481 e. The Morgan fingerprint density at radius 3 is 2.65 bits per heavy atom. The van der Waals surface area contributed by atoms with Crippen LogP contribution in [0.4, 0.5) is 4.79 Å². The van der Waals surface area contributed by atoms with Crippen molar-refractivity contribution in [2.24, 2.45) is 11.7 Å². The van der Waals surface area contributed by atoms with Gasteiger partial charge in [-0.05, 0) is 26.7 Å². The molecule has 1 aliphatic heterocycles. The van der Waals surface area contributed by atoms with E-state index in [1.54, 1.807) is 18.7 Å². The molecule has 0 aliphatic carbocycles. The molecule has 0 aromatic heterocycles. The van der Waals surface area contributed by atoms with E-state index < -0.39 is 17.9 Å². The van der Waals surface area contributed by atoms with Gasteiger partial charge in [-0.1, -0.05) is 0 Å². The van der Waals surface area contributed by atoms with E-state index in [-0.39, 0.29) is 12.1 Å². The van der Waals surface area contributed by atoms with Crippen LogP contribution in [0.15, 0.2) is 0 Å². The van der Waals surface area contributed by atoms with Gasteiger partial charge in [0.15, 0.2) is 0 Å². The number of likely N-dealkylation sites (tertiary alicyclic amines) is 1. The van der Waals surface area contributed by atoms with E-state index in [9.17, 15) is 9.59 Å². The van der Waals surface area contributed by atoms with E-state index in [4.69, 9.17) is 10.8 Å². The number of amides is 2. The summed E-state index contributed by atoms with van der Waals surface area (Å²) in [5.41, 5.74) is 5.79. The Labute approximate surface area is 101 Å². The van der Waals surface area contributed by atoms with Crippen molar-refractivity contribution in [1.29, 1.82) is 0 Å². The molecule has 0 radical (unpaired) electrons. The topological polar surface area (TPSA) is 95.7 Å². The molecule has 1 aliphatic rings. The Hall–Kier alpha value is -1.30. The van der Waals surface area contributed by atoms with Gasteiger partial charge in [-0.15, -0.1) is 0 Å². The first-order chi connectivity index (χ1) is 7.91. The lowest BCUT2D eigenvalue weighted by Crippen LogP contribution is -2.52. The number of urea groups is 1. The summed E-state index contributed by atoms with van der Waals surface area (Å²) in [6.45, 7) is 4.50. The fourth-order valence-corrected chi connectivity index (χ4v) is 1.82. The van der Waals surface area contributed by atoms with E-state index in [0.29, 0.717) is 13.1 Å². The first-order valence-electron chi connectivity index (χ1n) is 5.95. The highest BCUT2D eigenvalue weighted by molar-refractivity contribution is 5.76. The first kappa shape index (κ1) is 13.8. The van der Waals surface area contributed by atoms with Crippen molar-refractivity contribution in [2.45, 2.75) is 38.8 Å². The van der Waals surface area contributed by atoms with Crippen LogP contribution in [0, 0.1) is 5.92 Å². The van der Waals surface area contributed by atoms with Crippen LogP contribution >= 0.6 is 0 Å². The summed E-state index contributed by atoms with van der Waals surface area (Å²) in [6, 6.07) is -0.583. The summed E-state index contributed by atoms with van der Waals surface area (Å²) in [4.78, 5) is 24.3. The van der Waals surface area contributed by atoms with Gasteiger partial charge in [0.2, 0.25) is 0 Å². The van der Waals surface area contributed by atoms with Crippen molar-refractivity contribution >= 4 is 12.0 Å². The van der Waals surface area contributed by atoms with Crippen LogP contribution in [0.3, 0.4) is 0 Å². The SMILES string of the molecule is CC(NC(=O)N1CCCC(N)C1)C(C)C(=O)O. The van der Waals surface area contributed by atoms with Gasteiger partial charge >= 0.3 is 12.0 Å². The molecule has 0 aromatic carbocycles. The monoisotopic (exact) mass is 243 g/mol. The zero-order valence-electron chi connectivity index (χ0n) is 10.3. The Bertz CT molecular complexity index is 296. The van der Waals surface area contributed by atoms with Crippen LogP contribution in [-0.2, 0) is 4.79 Å². The Morgan fingerprint density at radius 2 is 2.12 bits per heavy atom. The van der Waals surface area contributed by atoms with Crippen LogP contribution in [0.1, 0.15) is 26.7 Å². The lowest BCUT2D eigenvalue weighted by Gasteiger charge is -2.32. The minimum atomic E-state index is -0.909. The van der Waals surface area contributed by atoms with Crippen molar-refractivity contribution in [2.75, 3.05) is 13.1 Å². The number of hydrogen-bond donors (Lipinski definition) is 3. The molecule has 1 fully saturated rings. The predicted octanol–water partition coefficient (Wildman–Crippen LogP) is 0.228. The van der Waals surface area contributed by atoms with Crippen molar-refractivity contribution in [3.63, 3.8) is 0 Å². The van der Waals surface area contributed by atoms with Crippen molar-refractivity contribution in [3.05, 3.63) is 0 Å². The van der Waals surface area contributed by atoms with Gasteiger partial charge in [0.1, 0.15) is 0 Å². The number of carbonyl (C=O) groups excluding carboxylic acids is 1. The number of nitrogens with one attached hydrogen (secondary N) is 1. The molecule has 6 heteroatoms. The molecule has 1 rings (SSSR count). The molecular weight excluding hydrogens is 222 g/mol. The molecule has 0 saturated carbocycles. The number of hydrogen-bond acceptors (Lipinski definition) is 3. The smallest absolute Gasteiger partial charge is 0.317 e. The summed E-state index contributed by atoms with van der Waals surface area (Å²) in [5.74, 6) is -1.51. The van der Waals surface area contributed by atoms with Crippen molar-refractivity contribution in [1.82, 2.24) is 10.2 Å². The second-order valence-corrected chi connectivity index (χ2v) is 4.71. The van der Waals surface area contributed by atoms with E-state index >= 15 is 0 Å². The number of carboxylic acids is 1. The third kappa shape index (κ3) is 3.89. The quantitative estimate of drug-likeness (QED) is 0.661. The van der Waals surface area contributed by atoms with Gasteiger partial charge in [-0.2, -0.15) is 0 Å². The minimum absolute atomic E-state index is 0.0294. The highest BCUT2D eigenvalue weighted by Gasteiger charge is 2.25. The highest BCUT2D eigenvalue weighted by Crippen LogP contribution is 2.09. The van der Waals surface area contributed by atoms with Crippen LogP contribution < -0.4 is 11.1 Å². The largest absolute Gasteiger partial charge is 0.481 e. The standard InChI is InChI=1S/C11H21N3O3/c1-7(10(15)16)8(2)13-11(17)14-5-3-4-9(12)6-14/h7-9H,3-6,12H2,1-2H3,(H,13,17)(H,15,16). The lowest BCUT2D eigenvalue weighted by molar-refractivity contribution is -0.141. The molecule has 0 aromatic rings. The van der Waals surface area contributed by atoms with Crippen LogP contribution in [0.25, 0.3) is 0 Å². The van der Waals surface area contributed by atoms with E-state index in [0.717, 1.165) is 12.8 Å². The number of piperidine rings is 1. The van der Waals surface area contributed by atoms with Gasteiger partial charge in [0.05, 0.1) is 5.92 Å². The fraction of sp³-hybridized carbons (Fsp3) is 0.818. The molecule has 3 unspecified atom stereocenters. The molecule has 3 atom stereocenters. The van der Waals surface area contributed by atoms with Crippen LogP contribution in [0.5, 0.6) is 0 Å². The number of rotatable bonds is 3. The molecule has 98 valence electrons. The second kappa shape index (κ2) is 5.86. The summed E-state index contributed by atoms with van der Waals surface area (Å²) in [6.07, 6.45) is 1.84. The average Bonchev–Trinajstić information content (AvgIpc) is 2.27. The molecule has 2 amide bonds. The van der Waals surface area contributed by atoms with Gasteiger partial charge in [-0.25, -0.2) is 4.79 Å². The predicted molar refractivity (Wildman–Crippen MR) is 63.6 cm³/mol. The summed E-state index contributed by atoms with van der Waals surface area (Å²) in [7, 11) is 0. The third-order valence-corrected chi connectivity index (χ3v) is 3.24. The molecule has 6 nitrogen and oxygen atoms in total. The lowest BCUT2D eigenvalue weighted by atomic mass is 10.0. The number of nitrogens with two attached hydrogens (primary N) is 1. The maximum Gasteiger partial charge on any atom is 0.317 e. The number of carbonyl (C=O) groups is 2. The number of aliphatic carboxylic acids is 1. The molecule has 1 saturated heterocycles. The zero-order valence-corrected chi connectivity index (χ0v) is 10.3. The van der Waals surface area contributed by atoms with Gasteiger partial charge in [-0.3, -0.25) is 4.79 Å². The van der Waals surface area contributed by atoms with Crippen LogP contribution in [0.2, 0.25) is 0 Å². The normalized spacial score (nSPS) is 23.9. The van der Waals surface area contributed by atoms with Gasteiger partial charge in [0.25, 0.3) is 0 Å². The van der Waals surface area contributed by atoms with Crippen molar-refractivity contribution in [3.8, 4) is 0 Å². The Balaban J connectivity index is 2.45. The summed E-state index contributed by atoms with van der Waals surface area (Å²) < 4.78 is 0. The number of carboxylic acid groups (broad SMARTS) is 1. The van der Waals surface area contributed by atoms with Crippen molar-refractivity contribution < 1.29 is 14.7 Å². The highest BCUT2D eigenvalue weighted by atomic mass is 16.4. The third-order valence-electron chi connectivity index (χ3n) is 3.24. The molecule has 0 spiro atoms. The fourth-order valence-electron chi connectivity index (χ4n) is 1.82. The van der Waals surface area contributed by atoms with Gasteiger partial charge in [0, 0.05) is 25.2 Å².